The molecule has 1 atom stereocenters. The third-order valence-electron chi connectivity index (χ3n) is 3.22. The van der Waals surface area contributed by atoms with Gasteiger partial charge in [-0.2, -0.15) is 5.10 Å². The van der Waals surface area contributed by atoms with Crippen molar-refractivity contribution in [3.05, 3.63) is 17.2 Å². The molecule has 0 radical (unpaired) electrons. The van der Waals surface area contributed by atoms with Gasteiger partial charge in [0.25, 0.3) is 0 Å². The average Bonchev–Trinajstić information content (AvgIpc) is 2.82. The lowest BCUT2D eigenvalue weighted by Crippen LogP contribution is -2.23. The first-order valence-electron chi connectivity index (χ1n) is 6.30. The second kappa shape index (κ2) is 4.41. The van der Waals surface area contributed by atoms with E-state index in [2.05, 4.69) is 5.10 Å². The standard InChI is InChI=1S/C13H21FN2O/c1-5-10-11(14)12(13(2,3)4)16(15-10)9-6-7-17-8-9/h9H,5-8H2,1-4H3. The Bertz CT molecular complexity index is 400. The van der Waals surface area contributed by atoms with Crippen LogP contribution in [0.25, 0.3) is 0 Å². The normalized spacial score (nSPS) is 21.1. The summed E-state index contributed by atoms with van der Waals surface area (Å²) in [6.45, 7) is 9.41. The summed E-state index contributed by atoms with van der Waals surface area (Å²) in [6, 6.07) is 0.194. The van der Waals surface area contributed by atoms with Crippen LogP contribution in [0, 0.1) is 5.82 Å². The van der Waals surface area contributed by atoms with Crippen molar-refractivity contribution < 1.29 is 9.13 Å². The van der Waals surface area contributed by atoms with Gasteiger partial charge in [0.15, 0.2) is 5.82 Å². The fourth-order valence-electron chi connectivity index (χ4n) is 2.34. The van der Waals surface area contributed by atoms with E-state index in [4.69, 9.17) is 4.74 Å². The number of aryl methyl sites for hydroxylation is 1. The molecule has 0 aliphatic carbocycles. The van der Waals surface area contributed by atoms with Gasteiger partial charge in [0.1, 0.15) is 0 Å². The monoisotopic (exact) mass is 240 g/mol. The van der Waals surface area contributed by atoms with Crippen LogP contribution >= 0.6 is 0 Å². The summed E-state index contributed by atoms with van der Waals surface area (Å²) in [4.78, 5) is 0. The summed E-state index contributed by atoms with van der Waals surface area (Å²) in [6.07, 6.45) is 1.56. The van der Waals surface area contributed by atoms with Crippen LogP contribution in [0.3, 0.4) is 0 Å². The highest BCUT2D eigenvalue weighted by Gasteiger charge is 2.31. The lowest BCUT2D eigenvalue weighted by molar-refractivity contribution is 0.183. The minimum atomic E-state index is -0.229. The van der Waals surface area contributed by atoms with Gasteiger partial charge in [-0.15, -0.1) is 0 Å². The third kappa shape index (κ3) is 2.23. The van der Waals surface area contributed by atoms with Gasteiger partial charge in [-0.05, 0) is 12.8 Å². The van der Waals surface area contributed by atoms with Crippen LogP contribution in [0.4, 0.5) is 4.39 Å². The molecule has 96 valence electrons. The average molecular weight is 240 g/mol. The third-order valence-corrected chi connectivity index (χ3v) is 3.22. The minimum absolute atomic E-state index is 0.132. The second-order valence-corrected chi connectivity index (χ2v) is 5.67. The SMILES string of the molecule is CCc1nn(C2CCOC2)c(C(C)(C)C)c1F. The molecule has 1 aromatic heterocycles. The highest BCUT2D eigenvalue weighted by Crippen LogP contribution is 2.31. The van der Waals surface area contributed by atoms with Gasteiger partial charge in [0.05, 0.1) is 24.0 Å². The Kier molecular flexibility index (Phi) is 3.25. The van der Waals surface area contributed by atoms with Crippen LogP contribution < -0.4 is 0 Å². The summed E-state index contributed by atoms with van der Waals surface area (Å²) in [5.41, 5.74) is 1.05. The van der Waals surface area contributed by atoms with Crippen LogP contribution in [0.1, 0.15) is 51.5 Å². The fraction of sp³-hybridized carbons (Fsp3) is 0.769. The van der Waals surface area contributed by atoms with E-state index in [1.54, 1.807) is 0 Å². The van der Waals surface area contributed by atoms with E-state index in [-0.39, 0.29) is 17.3 Å². The first-order chi connectivity index (χ1) is 7.95. The Morgan fingerprint density at radius 3 is 2.65 bits per heavy atom. The maximum absolute atomic E-state index is 14.3. The second-order valence-electron chi connectivity index (χ2n) is 5.67. The largest absolute Gasteiger partial charge is 0.379 e. The highest BCUT2D eigenvalue weighted by atomic mass is 19.1. The number of nitrogens with zero attached hydrogens (tertiary/aromatic N) is 2. The number of ether oxygens (including phenoxy) is 1. The molecule has 0 amide bonds. The molecule has 0 bridgehead atoms. The number of hydrogen-bond donors (Lipinski definition) is 0. The van der Waals surface area contributed by atoms with Crippen molar-refractivity contribution in [3.63, 3.8) is 0 Å². The summed E-state index contributed by atoms with van der Waals surface area (Å²) >= 11 is 0. The molecule has 0 aromatic carbocycles. The minimum Gasteiger partial charge on any atom is -0.379 e. The number of halogens is 1. The number of aromatic nitrogens is 2. The molecule has 3 nitrogen and oxygen atoms in total. The van der Waals surface area contributed by atoms with E-state index in [1.165, 1.54) is 0 Å². The molecule has 1 saturated heterocycles. The van der Waals surface area contributed by atoms with E-state index in [0.717, 1.165) is 13.0 Å². The van der Waals surface area contributed by atoms with Gasteiger partial charge in [-0.3, -0.25) is 4.68 Å². The maximum atomic E-state index is 14.3. The molecule has 0 spiro atoms. The lowest BCUT2D eigenvalue weighted by atomic mass is 9.91. The van der Waals surface area contributed by atoms with E-state index < -0.39 is 0 Å². The first kappa shape index (κ1) is 12.6. The number of rotatable bonds is 2. The molecule has 1 unspecified atom stereocenters. The molecule has 17 heavy (non-hydrogen) atoms. The van der Waals surface area contributed by atoms with Crippen LogP contribution in [0.15, 0.2) is 0 Å². The molecule has 1 aliphatic heterocycles. The molecule has 2 heterocycles. The van der Waals surface area contributed by atoms with Crippen molar-refractivity contribution >= 4 is 0 Å². The zero-order valence-corrected chi connectivity index (χ0v) is 11.1. The van der Waals surface area contributed by atoms with Crippen LogP contribution in [-0.4, -0.2) is 23.0 Å². The predicted octanol–water partition coefficient (Wildman–Crippen LogP) is 2.84. The van der Waals surface area contributed by atoms with E-state index in [9.17, 15) is 4.39 Å². The van der Waals surface area contributed by atoms with Crippen molar-refractivity contribution in [3.8, 4) is 0 Å². The van der Waals surface area contributed by atoms with Crippen molar-refractivity contribution in [1.82, 2.24) is 9.78 Å². The van der Waals surface area contributed by atoms with Gasteiger partial charge >= 0.3 is 0 Å². The van der Waals surface area contributed by atoms with Gasteiger partial charge < -0.3 is 4.74 Å². The number of hydrogen-bond acceptors (Lipinski definition) is 2. The lowest BCUT2D eigenvalue weighted by Gasteiger charge is -2.23. The molecule has 0 N–H and O–H groups in total. The van der Waals surface area contributed by atoms with Gasteiger partial charge in [-0.1, -0.05) is 27.7 Å². The molecular weight excluding hydrogens is 219 g/mol. The zero-order chi connectivity index (χ0) is 12.6. The van der Waals surface area contributed by atoms with Gasteiger partial charge in [0.2, 0.25) is 0 Å². The summed E-state index contributed by atoms with van der Waals surface area (Å²) in [5.74, 6) is -0.132. The summed E-state index contributed by atoms with van der Waals surface area (Å²) in [5, 5.41) is 4.44. The molecule has 1 aromatic rings. The molecule has 1 fully saturated rings. The van der Waals surface area contributed by atoms with Crippen molar-refractivity contribution in [2.75, 3.05) is 13.2 Å². The molecule has 0 saturated carbocycles. The fourth-order valence-corrected chi connectivity index (χ4v) is 2.34. The maximum Gasteiger partial charge on any atom is 0.168 e. The van der Waals surface area contributed by atoms with E-state index in [0.29, 0.717) is 24.4 Å². The highest BCUT2D eigenvalue weighted by molar-refractivity contribution is 5.22. The Morgan fingerprint density at radius 2 is 2.18 bits per heavy atom. The summed E-state index contributed by atoms with van der Waals surface area (Å²) in [7, 11) is 0. The molecular formula is C13H21FN2O. The molecule has 1 aliphatic rings. The van der Waals surface area contributed by atoms with Crippen LogP contribution in [0.5, 0.6) is 0 Å². The Morgan fingerprint density at radius 1 is 1.47 bits per heavy atom. The van der Waals surface area contributed by atoms with Crippen LogP contribution in [0.2, 0.25) is 0 Å². The van der Waals surface area contributed by atoms with Gasteiger partial charge in [0, 0.05) is 12.0 Å². The van der Waals surface area contributed by atoms with E-state index in [1.807, 2.05) is 32.4 Å². The summed E-state index contributed by atoms with van der Waals surface area (Å²) < 4.78 is 21.6. The molecule has 4 heteroatoms. The zero-order valence-electron chi connectivity index (χ0n) is 11.1. The Labute approximate surface area is 102 Å². The van der Waals surface area contributed by atoms with Crippen molar-refractivity contribution in [2.24, 2.45) is 0 Å². The van der Waals surface area contributed by atoms with E-state index >= 15 is 0 Å². The Hall–Kier alpha value is -0.900. The van der Waals surface area contributed by atoms with Crippen LogP contribution in [-0.2, 0) is 16.6 Å². The van der Waals surface area contributed by atoms with Gasteiger partial charge in [-0.25, -0.2) is 4.39 Å². The quantitative estimate of drug-likeness (QED) is 0.794. The topological polar surface area (TPSA) is 27.1 Å². The van der Waals surface area contributed by atoms with Crippen molar-refractivity contribution in [1.29, 1.82) is 0 Å². The Balaban J connectivity index is 2.49. The van der Waals surface area contributed by atoms with Crippen molar-refractivity contribution in [2.45, 2.75) is 52.0 Å². The predicted molar refractivity (Wildman–Crippen MR) is 64.7 cm³/mol. The first-order valence-corrected chi connectivity index (χ1v) is 6.30. The smallest absolute Gasteiger partial charge is 0.168 e. The molecule has 2 rings (SSSR count).